The number of pyridine rings is 2. The molecule has 0 atom stereocenters. The van der Waals surface area contributed by atoms with E-state index in [0.717, 1.165) is 5.56 Å². The molecule has 3 aromatic heterocycles. The van der Waals surface area contributed by atoms with Crippen molar-refractivity contribution < 1.29 is 13.9 Å². The van der Waals surface area contributed by atoms with Crippen LogP contribution in [0.3, 0.4) is 0 Å². The minimum absolute atomic E-state index is 0.132. The lowest BCUT2D eigenvalue weighted by molar-refractivity contribution is 0.0702. The summed E-state index contributed by atoms with van der Waals surface area (Å²) in [4.78, 5) is 19.8. The van der Waals surface area contributed by atoms with Crippen molar-refractivity contribution in [2.75, 3.05) is 0 Å². The van der Waals surface area contributed by atoms with Gasteiger partial charge in [-0.15, -0.1) is 0 Å². The first kappa shape index (κ1) is 12.1. The summed E-state index contributed by atoms with van der Waals surface area (Å²) in [6.07, 6.45) is 6.40. The molecule has 0 N–H and O–H groups in total. The first-order chi connectivity index (χ1) is 9.83. The molecular weight excluding hydrogens is 256 g/mol. The number of esters is 1. The van der Waals surface area contributed by atoms with Crippen LogP contribution >= 0.6 is 0 Å². The van der Waals surface area contributed by atoms with E-state index in [1.54, 1.807) is 48.9 Å². The van der Waals surface area contributed by atoms with Crippen molar-refractivity contribution in [1.82, 2.24) is 9.97 Å². The molecule has 20 heavy (non-hydrogen) atoms. The minimum Gasteiger partial charge on any atom is -0.449 e. The fourth-order valence-corrected chi connectivity index (χ4v) is 1.68. The largest absolute Gasteiger partial charge is 0.449 e. The highest BCUT2D eigenvalue weighted by Crippen LogP contribution is 2.22. The summed E-state index contributed by atoms with van der Waals surface area (Å²) in [5.41, 5.74) is 0.799. The SMILES string of the molecule is O=C(Oc1cccnc1)c1ccc(-c2cccnc2)o1. The van der Waals surface area contributed by atoms with Crippen LogP contribution in [-0.4, -0.2) is 15.9 Å². The lowest BCUT2D eigenvalue weighted by Gasteiger charge is -2.00. The Labute approximate surface area is 114 Å². The van der Waals surface area contributed by atoms with Crippen LogP contribution in [0, 0.1) is 0 Å². The Morgan fingerprint density at radius 1 is 1.00 bits per heavy atom. The summed E-state index contributed by atoms with van der Waals surface area (Å²) >= 11 is 0. The van der Waals surface area contributed by atoms with Crippen LogP contribution in [0.1, 0.15) is 10.6 Å². The Kier molecular flexibility index (Phi) is 3.24. The van der Waals surface area contributed by atoms with Gasteiger partial charge in [0.05, 0.1) is 6.20 Å². The number of furan rings is 1. The van der Waals surface area contributed by atoms with Gasteiger partial charge in [0, 0.05) is 24.2 Å². The van der Waals surface area contributed by atoms with Crippen LogP contribution in [0.4, 0.5) is 0 Å². The lowest BCUT2D eigenvalue weighted by atomic mass is 10.2. The second-order valence-corrected chi connectivity index (χ2v) is 3.98. The van der Waals surface area contributed by atoms with Gasteiger partial charge in [-0.1, -0.05) is 0 Å². The Morgan fingerprint density at radius 2 is 1.80 bits per heavy atom. The quantitative estimate of drug-likeness (QED) is 0.682. The number of hydrogen-bond acceptors (Lipinski definition) is 5. The highest BCUT2D eigenvalue weighted by atomic mass is 16.5. The van der Waals surface area contributed by atoms with Gasteiger partial charge in [-0.3, -0.25) is 9.97 Å². The number of carbonyl (C=O) groups is 1. The third-order valence-electron chi connectivity index (χ3n) is 2.60. The van der Waals surface area contributed by atoms with Crippen LogP contribution in [0.5, 0.6) is 5.75 Å². The Morgan fingerprint density at radius 3 is 2.50 bits per heavy atom. The molecule has 0 bridgehead atoms. The first-order valence-electron chi connectivity index (χ1n) is 5.95. The molecular formula is C15H10N2O3. The summed E-state index contributed by atoms with van der Waals surface area (Å²) in [6, 6.07) is 10.3. The predicted octanol–water partition coefficient (Wildman–Crippen LogP) is 2.96. The van der Waals surface area contributed by atoms with E-state index in [2.05, 4.69) is 9.97 Å². The van der Waals surface area contributed by atoms with Crippen molar-refractivity contribution in [1.29, 1.82) is 0 Å². The van der Waals surface area contributed by atoms with Crippen molar-refractivity contribution in [2.45, 2.75) is 0 Å². The summed E-state index contributed by atoms with van der Waals surface area (Å²) < 4.78 is 10.6. The molecule has 5 heteroatoms. The average Bonchev–Trinajstić information content (AvgIpc) is 2.99. The molecule has 0 amide bonds. The van der Waals surface area contributed by atoms with Crippen LogP contribution in [0.25, 0.3) is 11.3 Å². The van der Waals surface area contributed by atoms with Gasteiger partial charge in [-0.05, 0) is 36.4 Å². The highest BCUT2D eigenvalue weighted by molar-refractivity contribution is 5.88. The topological polar surface area (TPSA) is 65.2 Å². The zero-order valence-corrected chi connectivity index (χ0v) is 10.4. The van der Waals surface area contributed by atoms with Crippen molar-refractivity contribution in [3.8, 4) is 17.1 Å². The van der Waals surface area contributed by atoms with E-state index in [1.807, 2.05) is 6.07 Å². The maximum absolute atomic E-state index is 11.9. The molecule has 0 fully saturated rings. The maximum atomic E-state index is 11.9. The molecule has 0 radical (unpaired) electrons. The molecule has 0 aliphatic heterocycles. The van der Waals surface area contributed by atoms with E-state index < -0.39 is 5.97 Å². The zero-order valence-electron chi connectivity index (χ0n) is 10.4. The van der Waals surface area contributed by atoms with E-state index in [-0.39, 0.29) is 5.76 Å². The maximum Gasteiger partial charge on any atom is 0.379 e. The van der Waals surface area contributed by atoms with E-state index >= 15 is 0 Å². The van der Waals surface area contributed by atoms with Gasteiger partial charge in [0.25, 0.3) is 0 Å². The van der Waals surface area contributed by atoms with Gasteiger partial charge in [-0.25, -0.2) is 4.79 Å². The van der Waals surface area contributed by atoms with E-state index in [0.29, 0.717) is 11.5 Å². The first-order valence-corrected chi connectivity index (χ1v) is 5.95. The molecule has 5 nitrogen and oxygen atoms in total. The van der Waals surface area contributed by atoms with Gasteiger partial charge < -0.3 is 9.15 Å². The summed E-state index contributed by atoms with van der Waals surface area (Å²) in [6.45, 7) is 0. The summed E-state index contributed by atoms with van der Waals surface area (Å²) in [5.74, 6) is 0.508. The third-order valence-corrected chi connectivity index (χ3v) is 2.60. The fraction of sp³-hybridized carbons (Fsp3) is 0. The van der Waals surface area contributed by atoms with Crippen molar-refractivity contribution in [3.63, 3.8) is 0 Å². The van der Waals surface area contributed by atoms with Crippen LogP contribution in [0.2, 0.25) is 0 Å². The second kappa shape index (κ2) is 5.36. The Hall–Kier alpha value is -2.95. The Balaban J connectivity index is 1.79. The molecule has 0 aromatic carbocycles. The van der Waals surface area contributed by atoms with Gasteiger partial charge in [0.1, 0.15) is 11.5 Å². The van der Waals surface area contributed by atoms with E-state index in [4.69, 9.17) is 9.15 Å². The number of ether oxygens (including phenoxy) is 1. The monoisotopic (exact) mass is 266 g/mol. The van der Waals surface area contributed by atoms with Crippen LogP contribution < -0.4 is 4.74 Å². The molecule has 0 saturated carbocycles. The molecule has 0 aliphatic carbocycles. The second-order valence-electron chi connectivity index (χ2n) is 3.98. The minimum atomic E-state index is -0.562. The third kappa shape index (κ3) is 2.56. The van der Waals surface area contributed by atoms with E-state index in [1.165, 1.54) is 6.20 Å². The molecule has 3 aromatic rings. The van der Waals surface area contributed by atoms with Crippen molar-refractivity contribution in [2.24, 2.45) is 0 Å². The molecule has 3 heterocycles. The molecule has 0 saturated heterocycles. The normalized spacial score (nSPS) is 10.2. The predicted molar refractivity (Wildman–Crippen MR) is 71.1 cm³/mol. The number of carbonyl (C=O) groups excluding carboxylic acids is 1. The average molecular weight is 266 g/mol. The van der Waals surface area contributed by atoms with Gasteiger partial charge in [0.2, 0.25) is 5.76 Å². The smallest absolute Gasteiger partial charge is 0.379 e. The Bertz CT molecular complexity index is 708. The fourth-order valence-electron chi connectivity index (χ4n) is 1.68. The molecule has 0 spiro atoms. The molecule has 0 unspecified atom stereocenters. The lowest BCUT2D eigenvalue weighted by Crippen LogP contribution is -2.07. The van der Waals surface area contributed by atoms with E-state index in [9.17, 15) is 4.79 Å². The number of nitrogens with zero attached hydrogens (tertiary/aromatic N) is 2. The van der Waals surface area contributed by atoms with Gasteiger partial charge in [0.15, 0.2) is 0 Å². The van der Waals surface area contributed by atoms with Gasteiger partial charge >= 0.3 is 5.97 Å². The van der Waals surface area contributed by atoms with Crippen molar-refractivity contribution >= 4 is 5.97 Å². The summed E-state index contributed by atoms with van der Waals surface area (Å²) in [7, 11) is 0. The van der Waals surface area contributed by atoms with Crippen LogP contribution in [0.15, 0.2) is 65.6 Å². The van der Waals surface area contributed by atoms with Crippen LogP contribution in [-0.2, 0) is 0 Å². The summed E-state index contributed by atoms with van der Waals surface area (Å²) in [5, 5.41) is 0. The molecule has 3 rings (SSSR count). The molecule has 98 valence electrons. The molecule has 0 aliphatic rings. The van der Waals surface area contributed by atoms with Gasteiger partial charge in [-0.2, -0.15) is 0 Å². The highest BCUT2D eigenvalue weighted by Gasteiger charge is 2.14. The number of rotatable bonds is 3. The number of aromatic nitrogens is 2. The van der Waals surface area contributed by atoms with Crippen molar-refractivity contribution in [3.05, 3.63) is 66.9 Å². The standard InChI is InChI=1S/C15H10N2O3/c18-15(19-12-4-2-8-17-10-12)14-6-5-13(20-14)11-3-1-7-16-9-11/h1-10H. The number of hydrogen-bond donors (Lipinski definition) is 0. The zero-order chi connectivity index (χ0) is 13.8.